The Hall–Kier alpha value is -2.38. The summed E-state index contributed by atoms with van der Waals surface area (Å²) < 4.78 is 0. The zero-order valence-corrected chi connectivity index (χ0v) is 11.2. The van der Waals surface area contributed by atoms with Gasteiger partial charge in [0.1, 0.15) is 6.07 Å². The normalized spacial score (nSPS) is 17.4. The second-order valence-corrected chi connectivity index (χ2v) is 4.90. The van der Waals surface area contributed by atoms with Crippen molar-refractivity contribution in [3.05, 3.63) is 59.4 Å². The molecule has 4 nitrogen and oxygen atoms in total. The Kier molecular flexibility index (Phi) is 3.36. The molecule has 0 fully saturated rings. The van der Waals surface area contributed by atoms with Gasteiger partial charge in [0.25, 0.3) is 0 Å². The van der Waals surface area contributed by atoms with Crippen molar-refractivity contribution < 1.29 is 0 Å². The number of rotatable bonds is 2. The van der Waals surface area contributed by atoms with Crippen LogP contribution in [0.25, 0.3) is 0 Å². The van der Waals surface area contributed by atoms with E-state index in [9.17, 15) is 5.26 Å². The van der Waals surface area contributed by atoms with Gasteiger partial charge in [0.05, 0.1) is 23.5 Å². The van der Waals surface area contributed by atoms with Gasteiger partial charge in [0.15, 0.2) is 0 Å². The van der Waals surface area contributed by atoms with Crippen LogP contribution in [0.15, 0.2) is 42.7 Å². The van der Waals surface area contributed by atoms with Crippen molar-refractivity contribution in [3.63, 3.8) is 0 Å². The van der Waals surface area contributed by atoms with E-state index < -0.39 is 0 Å². The fourth-order valence-electron chi connectivity index (χ4n) is 2.90. The molecular weight excluding hydrogens is 248 g/mol. The second-order valence-electron chi connectivity index (χ2n) is 4.90. The number of nitrogens with zero attached hydrogens (tertiary/aromatic N) is 3. The summed E-state index contributed by atoms with van der Waals surface area (Å²) in [5, 5.41) is 9.27. The maximum atomic E-state index is 9.27. The Bertz CT molecular complexity index is 660. The Morgan fingerprint density at radius 1 is 1.35 bits per heavy atom. The number of hydrogen-bond donors (Lipinski definition) is 1. The topological polar surface area (TPSA) is 65.9 Å². The number of hydrogen-bond acceptors (Lipinski definition) is 4. The maximum absolute atomic E-state index is 9.27. The van der Waals surface area contributed by atoms with Crippen LogP contribution in [0.1, 0.15) is 22.7 Å². The molecule has 2 N–H and O–H groups in total. The minimum Gasteiger partial charge on any atom is -0.361 e. The average molecular weight is 264 g/mol. The third-order valence-corrected chi connectivity index (χ3v) is 3.87. The number of anilines is 1. The van der Waals surface area contributed by atoms with E-state index in [2.05, 4.69) is 34.2 Å². The van der Waals surface area contributed by atoms with E-state index in [4.69, 9.17) is 5.73 Å². The average Bonchev–Trinajstić information content (AvgIpc) is 2.53. The van der Waals surface area contributed by atoms with Crippen LogP contribution < -0.4 is 10.6 Å². The molecule has 0 bridgehead atoms. The molecule has 0 amide bonds. The Morgan fingerprint density at radius 2 is 2.20 bits per heavy atom. The Balaban J connectivity index is 2.06. The molecule has 0 aliphatic carbocycles. The molecule has 1 aliphatic heterocycles. The molecule has 3 rings (SSSR count). The molecule has 0 radical (unpaired) electrons. The minimum atomic E-state index is 0.108. The first-order valence-corrected chi connectivity index (χ1v) is 6.73. The summed E-state index contributed by atoms with van der Waals surface area (Å²) in [4.78, 5) is 6.36. The van der Waals surface area contributed by atoms with Gasteiger partial charge in [-0.2, -0.15) is 5.26 Å². The van der Waals surface area contributed by atoms with Crippen LogP contribution in [0.4, 0.5) is 5.69 Å². The van der Waals surface area contributed by atoms with E-state index in [1.54, 1.807) is 18.5 Å². The highest BCUT2D eigenvalue weighted by molar-refractivity contribution is 5.60. The molecular formula is C16H16N4. The zero-order chi connectivity index (χ0) is 13.9. The molecule has 2 heterocycles. The second kappa shape index (κ2) is 5.32. The lowest BCUT2D eigenvalue weighted by atomic mass is 9.92. The van der Waals surface area contributed by atoms with Gasteiger partial charge in [0, 0.05) is 19.3 Å². The fraction of sp³-hybridized carbons (Fsp3) is 0.250. The summed E-state index contributed by atoms with van der Waals surface area (Å²) in [6, 6.07) is 12.5. The molecule has 2 aromatic rings. The molecule has 1 aromatic carbocycles. The smallest absolute Gasteiger partial charge is 0.101 e. The Labute approximate surface area is 118 Å². The first-order chi connectivity index (χ1) is 9.85. The van der Waals surface area contributed by atoms with Crippen molar-refractivity contribution >= 4 is 5.69 Å². The van der Waals surface area contributed by atoms with Crippen LogP contribution in [0.2, 0.25) is 0 Å². The van der Waals surface area contributed by atoms with Crippen LogP contribution in [0.3, 0.4) is 0 Å². The largest absolute Gasteiger partial charge is 0.361 e. The molecule has 100 valence electrons. The highest BCUT2D eigenvalue weighted by Gasteiger charge is 2.27. The van der Waals surface area contributed by atoms with Crippen molar-refractivity contribution in [3.8, 4) is 6.07 Å². The number of aromatic nitrogens is 1. The van der Waals surface area contributed by atoms with Crippen LogP contribution in [-0.2, 0) is 6.42 Å². The van der Waals surface area contributed by atoms with Crippen molar-refractivity contribution in [2.45, 2.75) is 12.5 Å². The van der Waals surface area contributed by atoms with Crippen molar-refractivity contribution in [1.29, 1.82) is 5.26 Å². The monoisotopic (exact) mass is 264 g/mol. The maximum Gasteiger partial charge on any atom is 0.101 e. The van der Waals surface area contributed by atoms with Gasteiger partial charge in [-0.3, -0.25) is 4.98 Å². The molecule has 4 heteroatoms. The fourth-order valence-corrected chi connectivity index (χ4v) is 2.90. The van der Waals surface area contributed by atoms with Crippen molar-refractivity contribution in [1.82, 2.24) is 4.98 Å². The SMILES string of the molecule is N#Cc1ccncc1N1CCc2ccccc2C1CN. The van der Waals surface area contributed by atoms with Crippen LogP contribution in [-0.4, -0.2) is 18.1 Å². The molecule has 1 aliphatic rings. The summed E-state index contributed by atoms with van der Waals surface area (Å²) >= 11 is 0. The summed E-state index contributed by atoms with van der Waals surface area (Å²) in [6.45, 7) is 1.38. The highest BCUT2D eigenvalue weighted by atomic mass is 15.2. The third kappa shape index (κ3) is 2.02. The van der Waals surface area contributed by atoms with E-state index in [0.717, 1.165) is 18.7 Å². The highest BCUT2D eigenvalue weighted by Crippen LogP contribution is 2.34. The predicted octanol–water partition coefficient (Wildman–Crippen LogP) is 2.02. The Morgan fingerprint density at radius 3 is 3.00 bits per heavy atom. The molecule has 1 aromatic heterocycles. The quantitative estimate of drug-likeness (QED) is 0.901. The predicted molar refractivity (Wildman–Crippen MR) is 78.2 cm³/mol. The number of fused-ring (bicyclic) bond motifs is 1. The summed E-state index contributed by atoms with van der Waals surface area (Å²) in [5.41, 5.74) is 10.1. The lowest BCUT2D eigenvalue weighted by Gasteiger charge is -2.38. The van der Waals surface area contributed by atoms with E-state index in [-0.39, 0.29) is 6.04 Å². The van der Waals surface area contributed by atoms with Gasteiger partial charge < -0.3 is 10.6 Å². The zero-order valence-electron chi connectivity index (χ0n) is 11.2. The minimum absolute atomic E-state index is 0.108. The number of pyridine rings is 1. The molecule has 1 unspecified atom stereocenters. The van der Waals surface area contributed by atoms with Gasteiger partial charge >= 0.3 is 0 Å². The van der Waals surface area contributed by atoms with E-state index >= 15 is 0 Å². The van der Waals surface area contributed by atoms with Crippen molar-refractivity contribution in [2.24, 2.45) is 5.73 Å². The first-order valence-electron chi connectivity index (χ1n) is 6.73. The molecule has 0 saturated heterocycles. The van der Waals surface area contributed by atoms with Gasteiger partial charge in [-0.15, -0.1) is 0 Å². The molecule has 1 atom stereocenters. The van der Waals surface area contributed by atoms with Gasteiger partial charge in [-0.25, -0.2) is 0 Å². The molecule has 0 saturated carbocycles. The van der Waals surface area contributed by atoms with Crippen LogP contribution in [0, 0.1) is 11.3 Å². The van der Waals surface area contributed by atoms with Crippen molar-refractivity contribution in [2.75, 3.05) is 18.0 Å². The lowest BCUT2D eigenvalue weighted by molar-refractivity contribution is 0.589. The summed E-state index contributed by atoms with van der Waals surface area (Å²) in [7, 11) is 0. The van der Waals surface area contributed by atoms with E-state index in [0.29, 0.717) is 12.1 Å². The van der Waals surface area contributed by atoms with Gasteiger partial charge in [-0.1, -0.05) is 24.3 Å². The number of benzene rings is 1. The number of nitrogens with two attached hydrogens (primary N) is 1. The molecule has 0 spiro atoms. The summed E-state index contributed by atoms with van der Waals surface area (Å²) in [5.74, 6) is 0. The summed E-state index contributed by atoms with van der Waals surface area (Å²) in [6.07, 6.45) is 4.37. The van der Waals surface area contributed by atoms with E-state index in [1.807, 2.05) is 6.07 Å². The third-order valence-electron chi connectivity index (χ3n) is 3.87. The van der Waals surface area contributed by atoms with Crippen LogP contribution in [0.5, 0.6) is 0 Å². The van der Waals surface area contributed by atoms with Crippen LogP contribution >= 0.6 is 0 Å². The standard InChI is InChI=1S/C16H16N4/c17-9-13-5-7-19-11-16(13)20-8-6-12-3-1-2-4-14(12)15(20)10-18/h1-5,7,11,15H,6,8,10,18H2. The van der Waals surface area contributed by atoms with E-state index in [1.165, 1.54) is 11.1 Å². The lowest BCUT2D eigenvalue weighted by Crippen LogP contribution is -2.39. The van der Waals surface area contributed by atoms with Gasteiger partial charge in [-0.05, 0) is 23.6 Å². The number of nitriles is 1. The first kappa shape index (κ1) is 12.6. The molecule has 20 heavy (non-hydrogen) atoms. The van der Waals surface area contributed by atoms with Gasteiger partial charge in [0.2, 0.25) is 0 Å².